The van der Waals surface area contributed by atoms with E-state index in [0.717, 1.165) is 12.8 Å². The number of hydrogen-bond donors (Lipinski definition) is 1. The van der Waals surface area contributed by atoms with E-state index in [4.69, 9.17) is 14.2 Å². The molecule has 0 amide bonds. The van der Waals surface area contributed by atoms with Gasteiger partial charge in [0.1, 0.15) is 11.3 Å². The molecule has 0 aliphatic carbocycles. The molecule has 0 fully saturated rings. The zero-order valence-electron chi connectivity index (χ0n) is 14.0. The third-order valence-corrected chi connectivity index (χ3v) is 3.75. The lowest BCUT2D eigenvalue weighted by Gasteiger charge is -2.10. The molecule has 7 nitrogen and oxygen atoms in total. The Morgan fingerprint density at radius 2 is 2.16 bits per heavy atom. The van der Waals surface area contributed by atoms with E-state index in [1.807, 2.05) is 6.92 Å². The van der Waals surface area contributed by atoms with Crippen LogP contribution in [0.3, 0.4) is 0 Å². The fourth-order valence-electron chi connectivity index (χ4n) is 2.57. The molecule has 0 unspecified atom stereocenters. The Balaban J connectivity index is 2.03. The van der Waals surface area contributed by atoms with Crippen molar-refractivity contribution in [3.8, 4) is 11.6 Å². The number of benzene rings is 1. The molecule has 0 aliphatic rings. The van der Waals surface area contributed by atoms with Crippen molar-refractivity contribution in [1.82, 2.24) is 9.97 Å². The van der Waals surface area contributed by atoms with E-state index < -0.39 is 6.16 Å². The number of fused-ring (bicyclic) bond motifs is 3. The lowest BCUT2D eigenvalue weighted by Crippen LogP contribution is -2.14. The smallest absolute Gasteiger partial charge is 0.494 e. The van der Waals surface area contributed by atoms with Gasteiger partial charge in [0, 0.05) is 23.7 Å². The summed E-state index contributed by atoms with van der Waals surface area (Å²) in [5, 5.41) is 1.12. The minimum atomic E-state index is -0.849. The van der Waals surface area contributed by atoms with Crippen molar-refractivity contribution in [2.24, 2.45) is 0 Å². The van der Waals surface area contributed by atoms with Gasteiger partial charge in [0.05, 0.1) is 24.6 Å². The van der Waals surface area contributed by atoms with E-state index in [9.17, 15) is 9.59 Å². The summed E-state index contributed by atoms with van der Waals surface area (Å²) in [5.74, 6) is 0.533. The molecule has 0 spiro atoms. The Labute approximate surface area is 143 Å². The summed E-state index contributed by atoms with van der Waals surface area (Å²) >= 11 is 0. The van der Waals surface area contributed by atoms with Crippen LogP contribution in [0.4, 0.5) is 4.79 Å². The topological polar surface area (TPSA) is 90.5 Å². The Hall–Kier alpha value is -3.09. The molecule has 0 saturated heterocycles. The third-order valence-electron chi connectivity index (χ3n) is 3.75. The Morgan fingerprint density at radius 1 is 1.32 bits per heavy atom. The second-order valence-corrected chi connectivity index (χ2v) is 5.45. The highest BCUT2D eigenvalue weighted by molar-refractivity contribution is 6.07. The lowest BCUT2D eigenvalue weighted by atomic mass is 10.1. The van der Waals surface area contributed by atoms with Crippen molar-refractivity contribution < 1.29 is 19.0 Å². The monoisotopic (exact) mass is 342 g/mol. The molecule has 2 heterocycles. The summed E-state index contributed by atoms with van der Waals surface area (Å²) in [6.45, 7) is 2.26. The zero-order valence-corrected chi connectivity index (χ0v) is 14.0. The summed E-state index contributed by atoms with van der Waals surface area (Å²) in [6, 6.07) is 6.42. The van der Waals surface area contributed by atoms with Crippen LogP contribution < -0.4 is 14.9 Å². The normalized spacial score (nSPS) is 10.8. The van der Waals surface area contributed by atoms with Crippen molar-refractivity contribution in [2.75, 3.05) is 13.7 Å². The number of unbranched alkanes of at least 4 members (excludes halogenated alkanes) is 1. The number of carbonyl (C=O) groups is 1. The van der Waals surface area contributed by atoms with Gasteiger partial charge in [0.25, 0.3) is 0 Å². The summed E-state index contributed by atoms with van der Waals surface area (Å²) in [7, 11) is 1.53. The van der Waals surface area contributed by atoms with Crippen molar-refractivity contribution >= 4 is 28.0 Å². The first-order valence-electron chi connectivity index (χ1n) is 7.97. The minimum absolute atomic E-state index is 0.0179. The average Bonchev–Trinajstić information content (AvgIpc) is 2.60. The number of ether oxygens (including phenoxy) is 3. The standard InChI is InChI=1S/C18H18N2O5/c1-3-4-8-24-18(22)25-15-10-13(21)16-11-6-5-7-19-17(11)14(23-2)9-12(16)20-15/h5-7,9-10H,3-4,8H2,1-2H3,(H,20,21). The molecule has 1 N–H and O–H groups in total. The first-order chi connectivity index (χ1) is 12.1. The van der Waals surface area contributed by atoms with Crippen molar-refractivity contribution in [2.45, 2.75) is 19.8 Å². The van der Waals surface area contributed by atoms with Crippen LogP contribution in [0.1, 0.15) is 19.8 Å². The quantitative estimate of drug-likeness (QED) is 0.434. The number of rotatable bonds is 5. The molecule has 3 rings (SSSR count). The van der Waals surface area contributed by atoms with Crippen LogP contribution in [0.25, 0.3) is 21.8 Å². The number of aromatic amines is 1. The molecule has 0 saturated carbocycles. The molecule has 2 aromatic heterocycles. The van der Waals surface area contributed by atoms with Gasteiger partial charge in [-0.25, -0.2) is 4.79 Å². The van der Waals surface area contributed by atoms with Gasteiger partial charge >= 0.3 is 6.16 Å². The number of nitrogens with zero attached hydrogens (tertiary/aromatic N) is 1. The first-order valence-corrected chi connectivity index (χ1v) is 7.97. The van der Waals surface area contributed by atoms with E-state index in [2.05, 4.69) is 9.97 Å². The molecular weight excluding hydrogens is 324 g/mol. The number of aromatic nitrogens is 2. The van der Waals surface area contributed by atoms with Crippen LogP contribution in [0.5, 0.6) is 11.6 Å². The van der Waals surface area contributed by atoms with E-state index >= 15 is 0 Å². The van der Waals surface area contributed by atoms with E-state index in [1.165, 1.54) is 13.2 Å². The number of pyridine rings is 2. The van der Waals surface area contributed by atoms with Gasteiger partial charge in [0.15, 0.2) is 5.43 Å². The second-order valence-electron chi connectivity index (χ2n) is 5.45. The van der Waals surface area contributed by atoms with Crippen LogP contribution in [-0.4, -0.2) is 29.8 Å². The van der Waals surface area contributed by atoms with Crippen molar-refractivity contribution in [3.63, 3.8) is 0 Å². The maximum atomic E-state index is 12.5. The van der Waals surface area contributed by atoms with Crippen LogP contribution in [0.15, 0.2) is 35.3 Å². The number of nitrogens with one attached hydrogen (secondary N) is 1. The fourth-order valence-corrected chi connectivity index (χ4v) is 2.57. The molecule has 130 valence electrons. The highest BCUT2D eigenvalue weighted by Crippen LogP contribution is 2.30. The Kier molecular flexibility index (Phi) is 4.83. The van der Waals surface area contributed by atoms with Gasteiger partial charge in [-0.05, 0) is 12.5 Å². The highest BCUT2D eigenvalue weighted by Gasteiger charge is 2.14. The molecule has 7 heteroatoms. The SMILES string of the molecule is CCCCOC(=O)Oc1cc(=O)c2c(cc(OC)c3ncccc32)[nH]1. The first kappa shape index (κ1) is 16.8. The number of hydrogen-bond acceptors (Lipinski definition) is 6. The van der Waals surface area contributed by atoms with Crippen LogP contribution in [0, 0.1) is 0 Å². The third kappa shape index (κ3) is 3.40. The Bertz CT molecular complexity index is 980. The van der Waals surface area contributed by atoms with Crippen LogP contribution in [-0.2, 0) is 4.74 Å². The van der Waals surface area contributed by atoms with E-state index in [1.54, 1.807) is 24.4 Å². The average molecular weight is 342 g/mol. The molecule has 25 heavy (non-hydrogen) atoms. The molecule has 0 aliphatic heterocycles. The van der Waals surface area contributed by atoms with Gasteiger partial charge < -0.3 is 19.2 Å². The Morgan fingerprint density at radius 3 is 2.92 bits per heavy atom. The molecule has 3 aromatic rings. The van der Waals surface area contributed by atoms with Crippen LogP contribution >= 0.6 is 0 Å². The molecular formula is C18H18N2O5. The fraction of sp³-hybridized carbons (Fsp3) is 0.278. The maximum Gasteiger partial charge on any atom is 0.515 e. The molecule has 1 aromatic carbocycles. The summed E-state index contributed by atoms with van der Waals surface area (Å²) in [5.41, 5.74) is 0.794. The lowest BCUT2D eigenvalue weighted by molar-refractivity contribution is 0.0964. The van der Waals surface area contributed by atoms with Gasteiger partial charge in [0.2, 0.25) is 5.88 Å². The zero-order chi connectivity index (χ0) is 17.8. The predicted octanol–water partition coefficient (Wildman–Crippen LogP) is 3.40. The minimum Gasteiger partial charge on any atom is -0.494 e. The van der Waals surface area contributed by atoms with Gasteiger partial charge in [-0.1, -0.05) is 19.4 Å². The summed E-state index contributed by atoms with van der Waals surface area (Å²) in [6.07, 6.45) is 2.44. The van der Waals surface area contributed by atoms with Crippen molar-refractivity contribution in [3.05, 3.63) is 40.7 Å². The van der Waals surface area contributed by atoms with E-state index in [-0.39, 0.29) is 17.9 Å². The predicted molar refractivity (Wildman–Crippen MR) is 93.3 cm³/mol. The van der Waals surface area contributed by atoms with Gasteiger partial charge in [-0.3, -0.25) is 9.78 Å². The molecule has 0 atom stereocenters. The molecule has 0 bridgehead atoms. The number of H-pyrrole nitrogens is 1. The maximum absolute atomic E-state index is 12.5. The highest BCUT2D eigenvalue weighted by atomic mass is 16.7. The van der Waals surface area contributed by atoms with E-state index in [0.29, 0.717) is 27.6 Å². The number of carbonyl (C=O) groups excluding carboxylic acids is 1. The van der Waals surface area contributed by atoms with Crippen molar-refractivity contribution in [1.29, 1.82) is 0 Å². The van der Waals surface area contributed by atoms with Gasteiger partial charge in [-0.2, -0.15) is 0 Å². The van der Waals surface area contributed by atoms with Crippen LogP contribution in [0.2, 0.25) is 0 Å². The molecule has 0 radical (unpaired) electrons. The summed E-state index contributed by atoms with van der Waals surface area (Å²) in [4.78, 5) is 31.4. The largest absolute Gasteiger partial charge is 0.515 e. The second kappa shape index (κ2) is 7.21. The summed E-state index contributed by atoms with van der Waals surface area (Å²) < 4.78 is 15.3. The van der Waals surface area contributed by atoms with Gasteiger partial charge in [-0.15, -0.1) is 0 Å². The number of methoxy groups -OCH3 is 1.